The minimum Gasteiger partial charge on any atom is -0.748 e. The Bertz CT molecular complexity index is 579. The third-order valence-corrected chi connectivity index (χ3v) is 6.25. The van der Waals surface area contributed by atoms with Gasteiger partial charge in [0, 0.05) is 17.3 Å². The van der Waals surface area contributed by atoms with Crippen molar-refractivity contribution in [2.45, 2.75) is 0 Å². The Labute approximate surface area is 174 Å². The van der Waals surface area contributed by atoms with Crippen molar-refractivity contribution in [1.29, 1.82) is 0 Å². The molecule has 1 aromatic carbocycles. The van der Waals surface area contributed by atoms with Gasteiger partial charge in [-0.3, -0.25) is 4.79 Å². The minimum atomic E-state index is -4.30. The standard InChI is InChI=1S/C9H8I3NO4S.Na/c10-5-3-6(8(12)7(11)4-5)9(14)13-1-2-18(15,16)17;/h3-4H,1-2H2,(H,13,14)(H,15,16,17);/q;+1/p-1. The molecule has 1 rings (SSSR count). The molecule has 5 nitrogen and oxygen atoms in total. The molecule has 1 N–H and O–H groups in total. The van der Waals surface area contributed by atoms with Crippen LogP contribution < -0.4 is 34.9 Å². The maximum absolute atomic E-state index is 11.8. The molecule has 0 saturated carbocycles. The number of hydrogen-bond acceptors (Lipinski definition) is 4. The van der Waals surface area contributed by atoms with E-state index in [-0.39, 0.29) is 42.0 Å². The summed E-state index contributed by atoms with van der Waals surface area (Å²) in [5.74, 6) is -0.976. The van der Waals surface area contributed by atoms with Gasteiger partial charge in [0.15, 0.2) is 0 Å². The van der Waals surface area contributed by atoms with Gasteiger partial charge in [0.1, 0.15) is 0 Å². The zero-order valence-electron chi connectivity index (χ0n) is 9.74. The second kappa shape index (κ2) is 9.05. The van der Waals surface area contributed by atoms with Crippen LogP contribution in [0.3, 0.4) is 0 Å². The van der Waals surface area contributed by atoms with Crippen molar-refractivity contribution in [3.8, 4) is 0 Å². The van der Waals surface area contributed by atoms with Gasteiger partial charge in [-0.05, 0) is 79.9 Å². The van der Waals surface area contributed by atoms with Gasteiger partial charge in [0.25, 0.3) is 5.91 Å². The maximum Gasteiger partial charge on any atom is 1.00 e. The van der Waals surface area contributed by atoms with Gasteiger partial charge in [0.05, 0.1) is 21.4 Å². The fourth-order valence-electron chi connectivity index (χ4n) is 1.11. The Balaban J connectivity index is 0.00000324. The number of nitrogens with one attached hydrogen (secondary N) is 1. The molecule has 0 bridgehead atoms. The number of carbonyl (C=O) groups is 1. The van der Waals surface area contributed by atoms with Crippen molar-refractivity contribution in [2.75, 3.05) is 12.3 Å². The van der Waals surface area contributed by atoms with Crippen LogP contribution in [-0.2, 0) is 10.1 Å². The van der Waals surface area contributed by atoms with E-state index in [1.807, 2.05) is 6.07 Å². The second-order valence-electron chi connectivity index (χ2n) is 3.27. The van der Waals surface area contributed by atoms with Gasteiger partial charge in [-0.25, -0.2) is 8.42 Å². The number of halogens is 3. The molecule has 19 heavy (non-hydrogen) atoms. The summed E-state index contributed by atoms with van der Waals surface area (Å²) in [5, 5.41) is 2.42. The van der Waals surface area contributed by atoms with Crippen molar-refractivity contribution in [1.82, 2.24) is 5.32 Å². The van der Waals surface area contributed by atoms with Crippen molar-refractivity contribution in [3.63, 3.8) is 0 Å². The van der Waals surface area contributed by atoms with E-state index in [1.54, 1.807) is 6.07 Å². The summed E-state index contributed by atoms with van der Waals surface area (Å²) in [6.45, 7) is -0.178. The summed E-state index contributed by atoms with van der Waals surface area (Å²) in [4.78, 5) is 11.8. The van der Waals surface area contributed by atoms with Crippen LogP contribution in [0.4, 0.5) is 0 Å². The fraction of sp³-hybridized carbons (Fsp3) is 0.222. The number of carbonyl (C=O) groups excluding carboxylic acids is 1. The number of rotatable bonds is 4. The molecule has 0 atom stereocenters. The third-order valence-electron chi connectivity index (χ3n) is 1.88. The van der Waals surface area contributed by atoms with E-state index >= 15 is 0 Å². The van der Waals surface area contributed by atoms with Gasteiger partial charge in [-0.15, -0.1) is 0 Å². The Morgan fingerprint density at radius 1 is 1.26 bits per heavy atom. The van der Waals surface area contributed by atoms with Crippen LogP contribution in [-0.4, -0.2) is 31.2 Å². The van der Waals surface area contributed by atoms with E-state index in [0.717, 1.165) is 10.7 Å². The van der Waals surface area contributed by atoms with E-state index in [2.05, 4.69) is 73.1 Å². The van der Waals surface area contributed by atoms with E-state index in [9.17, 15) is 17.8 Å². The van der Waals surface area contributed by atoms with Crippen LogP contribution in [0.15, 0.2) is 12.1 Å². The summed E-state index contributed by atoms with van der Waals surface area (Å²) >= 11 is 6.27. The smallest absolute Gasteiger partial charge is 0.748 e. The molecule has 0 aliphatic heterocycles. The summed E-state index contributed by atoms with van der Waals surface area (Å²) in [5.41, 5.74) is 0.482. The van der Waals surface area contributed by atoms with Crippen LogP contribution in [0, 0.1) is 10.7 Å². The molecule has 0 aromatic heterocycles. The quantitative estimate of drug-likeness (QED) is 0.196. The molecule has 0 aliphatic rings. The topological polar surface area (TPSA) is 86.3 Å². The Morgan fingerprint density at radius 2 is 1.84 bits per heavy atom. The zero-order chi connectivity index (χ0) is 13.9. The van der Waals surface area contributed by atoms with Crippen molar-refractivity contribution in [2.24, 2.45) is 0 Å². The third kappa shape index (κ3) is 7.56. The Kier molecular flexibility index (Phi) is 9.90. The molecule has 0 fully saturated rings. The average molecular weight is 629 g/mol. The van der Waals surface area contributed by atoms with Crippen LogP contribution in [0.25, 0.3) is 0 Å². The first-order valence-corrected chi connectivity index (χ1v) is 9.38. The first kappa shape index (κ1) is 20.8. The Hall–Kier alpha value is 1.79. The molecular formula is C9H7I3NNaO4S. The predicted octanol–water partition coefficient (Wildman–Crippen LogP) is -1.22. The molecule has 1 aromatic rings. The molecule has 1 amide bonds. The van der Waals surface area contributed by atoms with E-state index in [4.69, 9.17) is 0 Å². The molecule has 0 spiro atoms. The molecule has 0 radical (unpaired) electrons. The number of amides is 1. The molecule has 0 heterocycles. The van der Waals surface area contributed by atoms with Gasteiger partial charge in [0.2, 0.25) is 0 Å². The predicted molar refractivity (Wildman–Crippen MR) is 91.5 cm³/mol. The SMILES string of the molecule is O=C(NCCS(=O)(=O)[O-])c1cc(I)cc(I)c1I.[Na+]. The van der Waals surface area contributed by atoms with Crippen molar-refractivity contribution < 1.29 is 47.3 Å². The van der Waals surface area contributed by atoms with Crippen molar-refractivity contribution in [3.05, 3.63) is 28.4 Å². The number of hydrogen-bond donors (Lipinski definition) is 1. The summed E-state index contributed by atoms with van der Waals surface area (Å²) < 4.78 is 33.9. The average Bonchev–Trinajstić information content (AvgIpc) is 2.21. The van der Waals surface area contributed by atoms with E-state index in [1.165, 1.54) is 0 Å². The van der Waals surface area contributed by atoms with Crippen LogP contribution >= 0.6 is 67.8 Å². The van der Waals surface area contributed by atoms with E-state index < -0.39 is 15.9 Å². The first-order valence-electron chi connectivity index (χ1n) is 4.57. The molecule has 0 saturated heterocycles. The summed E-state index contributed by atoms with van der Waals surface area (Å²) in [6.07, 6.45) is 0. The number of benzene rings is 1. The largest absolute Gasteiger partial charge is 1.00 e. The van der Waals surface area contributed by atoms with Crippen LogP contribution in [0.1, 0.15) is 10.4 Å². The zero-order valence-corrected chi connectivity index (χ0v) is 19.0. The fourth-order valence-corrected chi connectivity index (χ4v) is 3.86. The molecule has 100 valence electrons. The maximum atomic E-state index is 11.8. The van der Waals surface area contributed by atoms with Gasteiger partial charge in [-0.1, -0.05) is 0 Å². The molecule has 0 unspecified atom stereocenters. The van der Waals surface area contributed by atoms with Crippen LogP contribution in [0.2, 0.25) is 0 Å². The summed E-state index contributed by atoms with van der Waals surface area (Å²) in [7, 11) is -4.30. The molecule has 10 heteroatoms. The van der Waals surface area contributed by atoms with Gasteiger partial charge < -0.3 is 9.87 Å². The Morgan fingerprint density at radius 3 is 2.37 bits per heavy atom. The van der Waals surface area contributed by atoms with Crippen molar-refractivity contribution >= 4 is 83.8 Å². The first-order chi connectivity index (χ1) is 8.20. The molecular weight excluding hydrogens is 622 g/mol. The second-order valence-corrected chi connectivity index (χ2v) is 8.28. The van der Waals surface area contributed by atoms with E-state index in [0.29, 0.717) is 5.56 Å². The molecule has 0 aliphatic carbocycles. The minimum absolute atomic E-state index is 0. The van der Waals surface area contributed by atoms with Crippen LogP contribution in [0.5, 0.6) is 0 Å². The summed E-state index contributed by atoms with van der Waals surface area (Å²) in [6, 6.07) is 3.65. The van der Waals surface area contributed by atoms with Gasteiger partial charge >= 0.3 is 29.6 Å². The monoisotopic (exact) mass is 629 g/mol. The normalized spacial score (nSPS) is 10.7. The van der Waals surface area contributed by atoms with Gasteiger partial charge in [-0.2, -0.15) is 0 Å².